The second kappa shape index (κ2) is 8.37. The zero-order valence-corrected chi connectivity index (χ0v) is 16.9. The van der Waals surface area contributed by atoms with E-state index in [1.807, 2.05) is 43.3 Å². The number of benzene rings is 3. The Bertz CT molecular complexity index is 1190. The Morgan fingerprint density at radius 2 is 1.93 bits per heavy atom. The molecule has 0 unspecified atom stereocenters. The van der Waals surface area contributed by atoms with Gasteiger partial charge < -0.3 is 9.64 Å². The molecule has 1 heterocycles. The number of fused-ring (bicyclic) bond motifs is 1. The number of aromatic amines is 1. The molecule has 1 N–H and O–H groups in total. The summed E-state index contributed by atoms with van der Waals surface area (Å²) in [6, 6.07) is 18.5. The normalized spacial score (nSPS) is 10.9. The Kier molecular flexibility index (Phi) is 5.48. The van der Waals surface area contributed by atoms with Crippen LogP contribution < -0.4 is 4.74 Å². The van der Waals surface area contributed by atoms with Crippen LogP contribution in [0.4, 0.5) is 4.39 Å². The Morgan fingerprint density at radius 1 is 1.13 bits per heavy atom. The van der Waals surface area contributed by atoms with E-state index < -0.39 is 0 Å². The first-order chi connectivity index (χ1) is 14.6. The van der Waals surface area contributed by atoms with Crippen LogP contribution in [-0.4, -0.2) is 34.7 Å². The fourth-order valence-corrected chi connectivity index (χ4v) is 3.52. The minimum Gasteiger partial charge on any atom is -0.493 e. The summed E-state index contributed by atoms with van der Waals surface area (Å²) in [6.45, 7) is 2.74. The number of rotatable bonds is 6. The number of aromatic nitrogens is 2. The van der Waals surface area contributed by atoms with Gasteiger partial charge in [0.15, 0.2) is 0 Å². The van der Waals surface area contributed by atoms with Crippen LogP contribution in [-0.2, 0) is 6.54 Å². The van der Waals surface area contributed by atoms with Crippen LogP contribution in [0.1, 0.15) is 22.8 Å². The van der Waals surface area contributed by atoms with Crippen molar-refractivity contribution in [2.24, 2.45) is 0 Å². The molecule has 1 aromatic heterocycles. The molecule has 0 aliphatic rings. The van der Waals surface area contributed by atoms with Gasteiger partial charge >= 0.3 is 0 Å². The van der Waals surface area contributed by atoms with Gasteiger partial charge in [-0.3, -0.25) is 9.89 Å². The van der Waals surface area contributed by atoms with Crippen LogP contribution in [0.3, 0.4) is 0 Å². The van der Waals surface area contributed by atoms with E-state index in [1.165, 1.54) is 12.3 Å². The van der Waals surface area contributed by atoms with Gasteiger partial charge in [0.25, 0.3) is 5.91 Å². The standard InChI is InChI=1S/C24H22FN3O2/c1-3-30-22-13-17(9-11-19(22)16-7-5-4-6-8-16)24(29)28(2)15-18-10-12-21(25)20-14-26-27-23(18)20/h4-14H,3,15H2,1-2H3,(H,26,27). The average molecular weight is 403 g/mol. The highest BCUT2D eigenvalue weighted by atomic mass is 19.1. The third kappa shape index (κ3) is 3.76. The fourth-order valence-electron chi connectivity index (χ4n) is 3.52. The summed E-state index contributed by atoms with van der Waals surface area (Å²) in [5.41, 5.74) is 3.90. The number of amides is 1. The maximum absolute atomic E-state index is 13.9. The zero-order chi connectivity index (χ0) is 21.1. The fraction of sp³-hybridized carbons (Fsp3) is 0.167. The number of carbonyl (C=O) groups is 1. The van der Waals surface area contributed by atoms with Crippen LogP contribution in [0.25, 0.3) is 22.0 Å². The topological polar surface area (TPSA) is 58.2 Å². The molecule has 0 spiro atoms. The third-order valence-corrected chi connectivity index (χ3v) is 5.02. The molecule has 0 saturated carbocycles. The Labute approximate surface area is 174 Å². The predicted octanol–water partition coefficient (Wildman–Crippen LogP) is 5.04. The predicted molar refractivity (Wildman–Crippen MR) is 115 cm³/mol. The number of halogens is 1. The maximum atomic E-state index is 13.9. The quantitative estimate of drug-likeness (QED) is 0.491. The van der Waals surface area contributed by atoms with Crippen molar-refractivity contribution >= 4 is 16.8 Å². The third-order valence-electron chi connectivity index (χ3n) is 5.02. The molecule has 1 amide bonds. The van der Waals surface area contributed by atoms with Crippen molar-refractivity contribution < 1.29 is 13.9 Å². The molecule has 0 aliphatic heterocycles. The lowest BCUT2D eigenvalue weighted by Crippen LogP contribution is -2.26. The van der Waals surface area contributed by atoms with E-state index in [0.717, 1.165) is 16.7 Å². The lowest BCUT2D eigenvalue weighted by molar-refractivity contribution is 0.0785. The number of ether oxygens (including phenoxy) is 1. The molecule has 0 aliphatic carbocycles. The molecule has 152 valence electrons. The van der Waals surface area contributed by atoms with Gasteiger partial charge in [0.1, 0.15) is 11.6 Å². The summed E-state index contributed by atoms with van der Waals surface area (Å²) >= 11 is 0. The monoisotopic (exact) mass is 403 g/mol. The van der Waals surface area contributed by atoms with Crippen molar-refractivity contribution in [2.75, 3.05) is 13.7 Å². The summed E-state index contributed by atoms with van der Waals surface area (Å²) in [6.07, 6.45) is 1.45. The van der Waals surface area contributed by atoms with Gasteiger partial charge in [0.2, 0.25) is 0 Å². The van der Waals surface area contributed by atoms with E-state index >= 15 is 0 Å². The lowest BCUT2D eigenvalue weighted by Gasteiger charge is -2.19. The molecule has 4 rings (SSSR count). The summed E-state index contributed by atoms with van der Waals surface area (Å²) in [5.74, 6) is 0.183. The Hall–Kier alpha value is -3.67. The SMILES string of the molecule is CCOc1cc(C(=O)N(C)Cc2ccc(F)c3cn[nH]c23)ccc1-c1ccccc1. The molecular weight excluding hydrogens is 381 g/mol. The number of nitrogens with zero attached hydrogens (tertiary/aromatic N) is 2. The van der Waals surface area contributed by atoms with Gasteiger partial charge in [0.05, 0.1) is 23.7 Å². The highest BCUT2D eigenvalue weighted by Gasteiger charge is 2.17. The largest absolute Gasteiger partial charge is 0.493 e. The summed E-state index contributed by atoms with van der Waals surface area (Å²) in [4.78, 5) is 14.7. The first-order valence-corrected chi connectivity index (χ1v) is 9.76. The highest BCUT2D eigenvalue weighted by molar-refractivity contribution is 5.95. The Morgan fingerprint density at radius 3 is 2.70 bits per heavy atom. The van der Waals surface area contributed by atoms with Crippen LogP contribution in [0.5, 0.6) is 5.75 Å². The molecule has 0 radical (unpaired) electrons. The summed E-state index contributed by atoms with van der Waals surface area (Å²) in [7, 11) is 1.72. The number of hydrogen-bond acceptors (Lipinski definition) is 3. The van der Waals surface area contributed by atoms with Crippen molar-refractivity contribution in [3.8, 4) is 16.9 Å². The molecule has 0 fully saturated rings. The van der Waals surface area contributed by atoms with Crippen molar-refractivity contribution in [3.63, 3.8) is 0 Å². The second-order valence-electron chi connectivity index (χ2n) is 7.04. The van der Waals surface area contributed by atoms with E-state index in [2.05, 4.69) is 10.2 Å². The molecule has 5 nitrogen and oxygen atoms in total. The molecule has 30 heavy (non-hydrogen) atoms. The summed E-state index contributed by atoms with van der Waals surface area (Å²) < 4.78 is 19.7. The molecular formula is C24H22FN3O2. The summed E-state index contributed by atoms with van der Waals surface area (Å²) in [5, 5.41) is 7.15. The average Bonchev–Trinajstić information content (AvgIpc) is 3.27. The van der Waals surface area contributed by atoms with E-state index in [4.69, 9.17) is 4.74 Å². The van der Waals surface area contributed by atoms with Crippen molar-refractivity contribution in [2.45, 2.75) is 13.5 Å². The molecule has 3 aromatic carbocycles. The van der Waals surface area contributed by atoms with Crippen LogP contribution >= 0.6 is 0 Å². The van der Waals surface area contributed by atoms with Gasteiger partial charge in [0, 0.05) is 24.7 Å². The van der Waals surface area contributed by atoms with Crippen LogP contribution in [0, 0.1) is 5.82 Å². The number of carbonyl (C=O) groups excluding carboxylic acids is 1. The van der Waals surface area contributed by atoms with Gasteiger partial charge in [-0.2, -0.15) is 5.10 Å². The van der Waals surface area contributed by atoms with Gasteiger partial charge in [-0.1, -0.05) is 36.4 Å². The van der Waals surface area contributed by atoms with Crippen molar-refractivity contribution in [3.05, 3.63) is 83.8 Å². The van der Waals surface area contributed by atoms with E-state index in [9.17, 15) is 9.18 Å². The van der Waals surface area contributed by atoms with Crippen molar-refractivity contribution in [1.29, 1.82) is 0 Å². The van der Waals surface area contributed by atoms with E-state index in [1.54, 1.807) is 30.1 Å². The Balaban J connectivity index is 1.61. The van der Waals surface area contributed by atoms with Crippen LogP contribution in [0.2, 0.25) is 0 Å². The molecule has 0 saturated heterocycles. The van der Waals surface area contributed by atoms with Gasteiger partial charge in [-0.05, 0) is 42.3 Å². The number of hydrogen-bond donors (Lipinski definition) is 1. The maximum Gasteiger partial charge on any atom is 0.254 e. The molecule has 4 aromatic rings. The minimum atomic E-state index is -0.339. The van der Waals surface area contributed by atoms with E-state index in [-0.39, 0.29) is 11.7 Å². The molecule has 0 bridgehead atoms. The van der Waals surface area contributed by atoms with Crippen molar-refractivity contribution in [1.82, 2.24) is 15.1 Å². The van der Waals surface area contributed by atoms with E-state index in [0.29, 0.717) is 35.4 Å². The zero-order valence-electron chi connectivity index (χ0n) is 16.9. The molecule has 6 heteroatoms. The number of nitrogens with one attached hydrogen (secondary N) is 1. The molecule has 0 atom stereocenters. The number of H-pyrrole nitrogens is 1. The second-order valence-corrected chi connectivity index (χ2v) is 7.04. The first-order valence-electron chi connectivity index (χ1n) is 9.76. The lowest BCUT2D eigenvalue weighted by atomic mass is 10.0. The van der Waals surface area contributed by atoms with Gasteiger partial charge in [-0.25, -0.2) is 4.39 Å². The minimum absolute atomic E-state index is 0.146. The van der Waals surface area contributed by atoms with Crippen LogP contribution in [0.15, 0.2) is 66.9 Å². The first kappa shape index (κ1) is 19.6. The smallest absolute Gasteiger partial charge is 0.254 e. The highest BCUT2D eigenvalue weighted by Crippen LogP contribution is 2.31. The van der Waals surface area contributed by atoms with Gasteiger partial charge in [-0.15, -0.1) is 0 Å².